The van der Waals surface area contributed by atoms with E-state index in [1.165, 1.54) is 7.11 Å². The molecule has 0 bridgehead atoms. The maximum absolute atomic E-state index is 11.4. The number of hydrogen-bond donors (Lipinski definition) is 0. The van der Waals surface area contributed by atoms with Crippen molar-refractivity contribution in [1.82, 2.24) is 0 Å². The SMILES string of the molecule is C=C(C(=O)OCC(=O)OC)c1ccccc1. The van der Waals surface area contributed by atoms with Gasteiger partial charge in [0.2, 0.25) is 0 Å². The van der Waals surface area contributed by atoms with Gasteiger partial charge in [0.25, 0.3) is 0 Å². The van der Waals surface area contributed by atoms with Crippen LogP contribution in [-0.4, -0.2) is 25.7 Å². The van der Waals surface area contributed by atoms with Gasteiger partial charge in [-0.3, -0.25) is 0 Å². The summed E-state index contributed by atoms with van der Waals surface area (Å²) in [6.07, 6.45) is 0. The molecule has 0 aliphatic rings. The summed E-state index contributed by atoms with van der Waals surface area (Å²) in [6, 6.07) is 8.88. The molecule has 0 saturated carbocycles. The van der Waals surface area contributed by atoms with Crippen LogP contribution in [0.5, 0.6) is 0 Å². The lowest BCUT2D eigenvalue weighted by atomic mass is 10.1. The Labute approximate surface area is 93.5 Å². The number of methoxy groups -OCH3 is 1. The van der Waals surface area contributed by atoms with Gasteiger partial charge in [0.1, 0.15) is 0 Å². The molecule has 0 unspecified atom stereocenters. The minimum absolute atomic E-state index is 0.213. The lowest BCUT2D eigenvalue weighted by Gasteiger charge is -2.05. The minimum atomic E-state index is -0.628. The van der Waals surface area contributed by atoms with Crippen LogP contribution in [0.4, 0.5) is 0 Å². The number of benzene rings is 1. The first kappa shape index (κ1) is 12.0. The van der Waals surface area contributed by atoms with E-state index >= 15 is 0 Å². The Hall–Kier alpha value is -2.10. The van der Waals surface area contributed by atoms with Crippen molar-refractivity contribution in [2.45, 2.75) is 0 Å². The van der Waals surface area contributed by atoms with Gasteiger partial charge in [-0.15, -0.1) is 0 Å². The molecule has 0 amide bonds. The van der Waals surface area contributed by atoms with Gasteiger partial charge in [0.05, 0.1) is 12.7 Å². The molecule has 0 saturated heterocycles. The highest BCUT2D eigenvalue weighted by atomic mass is 16.6. The van der Waals surface area contributed by atoms with Gasteiger partial charge in [0, 0.05) is 0 Å². The highest BCUT2D eigenvalue weighted by Crippen LogP contribution is 2.12. The molecular formula is C12H12O4. The van der Waals surface area contributed by atoms with Crippen LogP contribution in [0.15, 0.2) is 36.9 Å². The number of hydrogen-bond acceptors (Lipinski definition) is 4. The highest BCUT2D eigenvalue weighted by molar-refractivity contribution is 6.15. The zero-order chi connectivity index (χ0) is 12.0. The topological polar surface area (TPSA) is 52.6 Å². The van der Waals surface area contributed by atoms with E-state index in [-0.39, 0.29) is 5.57 Å². The van der Waals surface area contributed by atoms with Gasteiger partial charge >= 0.3 is 11.9 Å². The summed E-state index contributed by atoms with van der Waals surface area (Å²) in [7, 11) is 1.22. The van der Waals surface area contributed by atoms with Crippen molar-refractivity contribution < 1.29 is 19.1 Å². The molecule has 0 heterocycles. The predicted molar refractivity (Wildman–Crippen MR) is 58.5 cm³/mol. The van der Waals surface area contributed by atoms with Crippen LogP contribution >= 0.6 is 0 Å². The molecule has 0 fully saturated rings. The monoisotopic (exact) mass is 220 g/mol. The van der Waals surface area contributed by atoms with Crippen molar-refractivity contribution >= 4 is 17.5 Å². The first-order valence-corrected chi connectivity index (χ1v) is 4.63. The van der Waals surface area contributed by atoms with Crippen molar-refractivity contribution in [1.29, 1.82) is 0 Å². The molecule has 1 aromatic rings. The summed E-state index contributed by atoms with van der Waals surface area (Å²) >= 11 is 0. The molecular weight excluding hydrogens is 208 g/mol. The number of ether oxygens (including phenoxy) is 2. The molecule has 0 spiro atoms. The van der Waals surface area contributed by atoms with E-state index in [1.54, 1.807) is 24.3 Å². The summed E-state index contributed by atoms with van der Waals surface area (Å²) < 4.78 is 9.04. The predicted octanol–water partition coefficient (Wildman–Crippen LogP) is 1.42. The molecule has 0 aliphatic carbocycles. The maximum Gasteiger partial charge on any atom is 0.344 e. The third kappa shape index (κ3) is 3.24. The van der Waals surface area contributed by atoms with E-state index in [0.29, 0.717) is 5.56 Å². The molecule has 0 N–H and O–H groups in total. The molecule has 1 rings (SSSR count). The van der Waals surface area contributed by atoms with Gasteiger partial charge < -0.3 is 9.47 Å². The number of carbonyl (C=O) groups is 2. The van der Waals surface area contributed by atoms with Crippen LogP contribution < -0.4 is 0 Å². The minimum Gasteiger partial charge on any atom is -0.466 e. The molecule has 84 valence electrons. The Kier molecular flexibility index (Phi) is 4.27. The Balaban J connectivity index is 2.56. The zero-order valence-electron chi connectivity index (χ0n) is 8.93. The van der Waals surface area contributed by atoms with Gasteiger partial charge in [-0.05, 0) is 5.56 Å². The van der Waals surface area contributed by atoms with Crippen LogP contribution in [0.3, 0.4) is 0 Å². The second kappa shape index (κ2) is 5.70. The maximum atomic E-state index is 11.4. The van der Waals surface area contributed by atoms with Crippen molar-refractivity contribution in [2.75, 3.05) is 13.7 Å². The average molecular weight is 220 g/mol. The van der Waals surface area contributed by atoms with E-state index in [1.807, 2.05) is 6.07 Å². The largest absolute Gasteiger partial charge is 0.466 e. The number of esters is 2. The van der Waals surface area contributed by atoms with Gasteiger partial charge in [-0.2, -0.15) is 0 Å². The first-order valence-electron chi connectivity index (χ1n) is 4.63. The average Bonchev–Trinajstić information content (AvgIpc) is 2.35. The lowest BCUT2D eigenvalue weighted by molar-refractivity contribution is -0.153. The van der Waals surface area contributed by atoms with E-state index in [9.17, 15) is 9.59 Å². The Morgan fingerprint density at radius 3 is 2.44 bits per heavy atom. The summed E-state index contributed by atoms with van der Waals surface area (Å²) in [4.78, 5) is 22.2. The third-order valence-corrected chi connectivity index (χ3v) is 1.92. The molecule has 0 aromatic heterocycles. The standard InChI is InChI=1S/C12H12O4/c1-9(10-6-4-3-5-7-10)12(14)16-8-11(13)15-2/h3-7H,1,8H2,2H3. The second-order valence-corrected chi connectivity index (χ2v) is 3.00. The summed E-state index contributed by atoms with van der Waals surface area (Å²) in [5, 5.41) is 0. The summed E-state index contributed by atoms with van der Waals surface area (Å²) in [6.45, 7) is 3.20. The zero-order valence-corrected chi connectivity index (χ0v) is 8.93. The van der Waals surface area contributed by atoms with E-state index in [4.69, 9.17) is 4.74 Å². The fraction of sp³-hybridized carbons (Fsp3) is 0.167. The third-order valence-electron chi connectivity index (χ3n) is 1.92. The molecule has 16 heavy (non-hydrogen) atoms. The normalized spacial score (nSPS) is 9.31. The van der Waals surface area contributed by atoms with Crippen LogP contribution in [-0.2, 0) is 19.1 Å². The number of carbonyl (C=O) groups excluding carboxylic acids is 2. The van der Waals surface area contributed by atoms with E-state index in [2.05, 4.69) is 11.3 Å². The fourth-order valence-electron chi connectivity index (χ4n) is 1.03. The highest BCUT2D eigenvalue weighted by Gasteiger charge is 2.12. The van der Waals surface area contributed by atoms with Crippen molar-refractivity contribution in [3.05, 3.63) is 42.5 Å². The smallest absolute Gasteiger partial charge is 0.344 e. The molecule has 1 aromatic carbocycles. The van der Waals surface area contributed by atoms with Crippen molar-refractivity contribution in [3.63, 3.8) is 0 Å². The van der Waals surface area contributed by atoms with E-state index < -0.39 is 18.5 Å². The van der Waals surface area contributed by atoms with Crippen LogP contribution in [0, 0.1) is 0 Å². The van der Waals surface area contributed by atoms with E-state index in [0.717, 1.165) is 0 Å². The molecule has 4 heteroatoms. The molecule has 4 nitrogen and oxygen atoms in total. The number of rotatable bonds is 4. The first-order chi connectivity index (χ1) is 7.65. The fourth-order valence-corrected chi connectivity index (χ4v) is 1.03. The van der Waals surface area contributed by atoms with Gasteiger partial charge in [-0.1, -0.05) is 36.9 Å². The second-order valence-electron chi connectivity index (χ2n) is 3.00. The quantitative estimate of drug-likeness (QED) is 0.568. The van der Waals surface area contributed by atoms with Crippen LogP contribution in [0.1, 0.15) is 5.56 Å². The summed E-state index contributed by atoms with van der Waals surface area (Å²) in [5.41, 5.74) is 0.877. The van der Waals surface area contributed by atoms with Crippen molar-refractivity contribution in [2.24, 2.45) is 0 Å². The van der Waals surface area contributed by atoms with Gasteiger partial charge in [0.15, 0.2) is 6.61 Å². The Morgan fingerprint density at radius 1 is 1.25 bits per heavy atom. The summed E-state index contributed by atoms with van der Waals surface area (Å²) in [5.74, 6) is -1.23. The lowest BCUT2D eigenvalue weighted by Crippen LogP contribution is -2.15. The molecule has 0 radical (unpaired) electrons. The van der Waals surface area contributed by atoms with Crippen LogP contribution in [0.25, 0.3) is 5.57 Å². The van der Waals surface area contributed by atoms with Crippen molar-refractivity contribution in [3.8, 4) is 0 Å². The van der Waals surface area contributed by atoms with Crippen LogP contribution in [0.2, 0.25) is 0 Å². The molecule has 0 atom stereocenters. The van der Waals surface area contributed by atoms with Gasteiger partial charge in [-0.25, -0.2) is 9.59 Å². The Morgan fingerprint density at radius 2 is 1.88 bits per heavy atom. The molecule has 0 aliphatic heterocycles. The Bertz CT molecular complexity index is 395.